The van der Waals surface area contributed by atoms with Gasteiger partial charge >= 0.3 is 5.97 Å². The number of carboxylic acids is 1. The van der Waals surface area contributed by atoms with E-state index in [0.717, 1.165) is 26.1 Å². The summed E-state index contributed by atoms with van der Waals surface area (Å²) in [6, 6.07) is 0.0932. The molecule has 2 aliphatic rings. The molecular weight excluding hydrogens is 256 g/mol. The average molecular weight is 282 g/mol. The van der Waals surface area contributed by atoms with Crippen LogP contribution in [0.25, 0.3) is 0 Å². The van der Waals surface area contributed by atoms with Crippen molar-refractivity contribution in [2.45, 2.75) is 51.5 Å². The molecule has 3 unspecified atom stereocenters. The second kappa shape index (κ2) is 7.07. The van der Waals surface area contributed by atoms with Gasteiger partial charge in [0.05, 0.1) is 11.8 Å². The van der Waals surface area contributed by atoms with Crippen LogP contribution in [0, 0.1) is 11.8 Å². The van der Waals surface area contributed by atoms with Gasteiger partial charge in [0.15, 0.2) is 0 Å². The number of hydrogen-bond donors (Lipinski definition) is 2. The Morgan fingerprint density at radius 2 is 1.80 bits per heavy atom. The third kappa shape index (κ3) is 3.95. The Labute approximate surface area is 120 Å². The van der Waals surface area contributed by atoms with Crippen molar-refractivity contribution in [2.75, 3.05) is 19.6 Å². The maximum atomic E-state index is 12.2. The molecule has 2 N–H and O–H groups in total. The molecule has 5 heteroatoms. The van der Waals surface area contributed by atoms with Gasteiger partial charge < -0.3 is 15.3 Å². The van der Waals surface area contributed by atoms with Crippen molar-refractivity contribution >= 4 is 11.9 Å². The van der Waals surface area contributed by atoms with Crippen LogP contribution in [0.3, 0.4) is 0 Å². The van der Waals surface area contributed by atoms with E-state index in [1.165, 1.54) is 19.3 Å². The van der Waals surface area contributed by atoms with E-state index in [1.807, 2.05) is 6.92 Å². The lowest BCUT2D eigenvalue weighted by molar-refractivity contribution is -0.146. The first-order chi connectivity index (χ1) is 9.58. The summed E-state index contributed by atoms with van der Waals surface area (Å²) in [7, 11) is 0. The Hall–Kier alpha value is -1.10. The second-order valence-corrected chi connectivity index (χ2v) is 6.25. The smallest absolute Gasteiger partial charge is 0.307 e. The van der Waals surface area contributed by atoms with Crippen molar-refractivity contribution in [3.63, 3.8) is 0 Å². The minimum absolute atomic E-state index is 0.0700. The summed E-state index contributed by atoms with van der Waals surface area (Å²) in [6.45, 7) is 5.11. The van der Waals surface area contributed by atoms with E-state index >= 15 is 0 Å². The van der Waals surface area contributed by atoms with Crippen LogP contribution in [0.2, 0.25) is 0 Å². The van der Waals surface area contributed by atoms with E-state index in [9.17, 15) is 9.59 Å². The van der Waals surface area contributed by atoms with Crippen molar-refractivity contribution in [3.8, 4) is 0 Å². The van der Waals surface area contributed by atoms with E-state index < -0.39 is 11.9 Å². The lowest BCUT2D eigenvalue weighted by atomic mass is 9.95. The maximum Gasteiger partial charge on any atom is 0.307 e. The highest BCUT2D eigenvalue weighted by molar-refractivity contribution is 5.85. The van der Waals surface area contributed by atoms with Crippen molar-refractivity contribution in [3.05, 3.63) is 0 Å². The molecule has 0 aromatic rings. The largest absolute Gasteiger partial charge is 0.481 e. The Kier molecular flexibility index (Phi) is 5.40. The Morgan fingerprint density at radius 1 is 1.15 bits per heavy atom. The normalized spacial score (nSPS) is 29.1. The molecule has 1 aliphatic heterocycles. The van der Waals surface area contributed by atoms with Crippen molar-refractivity contribution < 1.29 is 14.7 Å². The number of hydrogen-bond acceptors (Lipinski definition) is 3. The Bertz CT molecular complexity index is 353. The van der Waals surface area contributed by atoms with Crippen LogP contribution in [0.15, 0.2) is 0 Å². The summed E-state index contributed by atoms with van der Waals surface area (Å²) in [5, 5.41) is 12.1. The summed E-state index contributed by atoms with van der Waals surface area (Å²) in [5.41, 5.74) is 0. The zero-order valence-corrected chi connectivity index (χ0v) is 12.3. The first kappa shape index (κ1) is 15.3. The number of likely N-dealkylation sites (tertiary alicyclic amines) is 1. The fraction of sp³-hybridized carbons (Fsp3) is 0.867. The second-order valence-electron chi connectivity index (χ2n) is 6.25. The fourth-order valence-electron chi connectivity index (χ4n) is 3.49. The highest BCUT2D eigenvalue weighted by Crippen LogP contribution is 2.32. The predicted octanol–water partition coefficient (Wildman–Crippen LogP) is 1.48. The van der Waals surface area contributed by atoms with Crippen LogP contribution in [-0.2, 0) is 9.59 Å². The molecule has 3 atom stereocenters. The number of aliphatic carboxylic acids is 1. The molecule has 1 saturated heterocycles. The summed E-state index contributed by atoms with van der Waals surface area (Å²) in [4.78, 5) is 25.7. The van der Waals surface area contributed by atoms with Crippen LogP contribution in [0.4, 0.5) is 0 Å². The molecule has 1 amide bonds. The van der Waals surface area contributed by atoms with Crippen LogP contribution in [0.1, 0.15) is 45.4 Å². The average Bonchev–Trinajstić information content (AvgIpc) is 2.89. The number of rotatable bonds is 5. The molecule has 1 saturated carbocycles. The molecular formula is C15H26N2O3. The van der Waals surface area contributed by atoms with Crippen LogP contribution in [0.5, 0.6) is 0 Å². The number of carbonyl (C=O) groups is 2. The molecule has 5 nitrogen and oxygen atoms in total. The van der Waals surface area contributed by atoms with E-state index in [2.05, 4.69) is 10.2 Å². The molecule has 2 fully saturated rings. The minimum Gasteiger partial charge on any atom is -0.481 e. The summed E-state index contributed by atoms with van der Waals surface area (Å²) >= 11 is 0. The molecule has 0 aromatic heterocycles. The number of amides is 1. The lowest BCUT2D eigenvalue weighted by Gasteiger charge is -2.30. The van der Waals surface area contributed by atoms with Gasteiger partial charge in [-0.3, -0.25) is 9.59 Å². The maximum absolute atomic E-state index is 12.2. The van der Waals surface area contributed by atoms with Gasteiger partial charge in [0.1, 0.15) is 0 Å². The zero-order valence-electron chi connectivity index (χ0n) is 12.3. The molecule has 0 radical (unpaired) electrons. The summed E-state index contributed by atoms with van der Waals surface area (Å²) < 4.78 is 0. The molecule has 2 rings (SSSR count). The Balaban J connectivity index is 1.79. The van der Waals surface area contributed by atoms with Gasteiger partial charge in [-0.25, -0.2) is 0 Å². The minimum atomic E-state index is -0.827. The van der Waals surface area contributed by atoms with E-state index in [4.69, 9.17) is 5.11 Å². The van der Waals surface area contributed by atoms with Crippen LogP contribution in [-0.4, -0.2) is 47.6 Å². The van der Waals surface area contributed by atoms with E-state index in [-0.39, 0.29) is 17.9 Å². The topological polar surface area (TPSA) is 69.6 Å². The molecule has 114 valence electrons. The molecule has 0 spiro atoms. The van der Waals surface area contributed by atoms with E-state index in [0.29, 0.717) is 12.8 Å². The quantitative estimate of drug-likeness (QED) is 0.801. The SMILES string of the molecule is CC(CN1CCCCC1)NC(=O)C1CCCC1C(=O)O. The van der Waals surface area contributed by atoms with Crippen molar-refractivity contribution in [1.82, 2.24) is 10.2 Å². The monoisotopic (exact) mass is 282 g/mol. The fourth-order valence-corrected chi connectivity index (χ4v) is 3.49. The standard InChI is InChI=1S/C15H26N2O3/c1-11(10-17-8-3-2-4-9-17)16-14(18)12-6-5-7-13(12)15(19)20/h11-13H,2-10H2,1H3,(H,16,18)(H,19,20). The van der Waals surface area contributed by atoms with Crippen LogP contribution >= 0.6 is 0 Å². The third-order valence-corrected chi connectivity index (χ3v) is 4.54. The number of nitrogens with zero attached hydrogens (tertiary/aromatic N) is 1. The van der Waals surface area contributed by atoms with Gasteiger partial charge in [0.2, 0.25) is 5.91 Å². The highest BCUT2D eigenvalue weighted by atomic mass is 16.4. The highest BCUT2D eigenvalue weighted by Gasteiger charge is 2.38. The lowest BCUT2D eigenvalue weighted by Crippen LogP contribution is -2.46. The Morgan fingerprint density at radius 3 is 2.45 bits per heavy atom. The number of nitrogens with one attached hydrogen (secondary N) is 1. The number of carboxylic acid groups (broad SMARTS) is 1. The molecule has 0 aromatic carbocycles. The predicted molar refractivity (Wildman–Crippen MR) is 76.4 cm³/mol. The van der Waals surface area contributed by atoms with Gasteiger partial charge in [0, 0.05) is 12.6 Å². The summed E-state index contributed by atoms with van der Waals surface area (Å²) in [6.07, 6.45) is 5.97. The van der Waals surface area contributed by atoms with Gasteiger partial charge in [0.25, 0.3) is 0 Å². The number of piperidine rings is 1. The van der Waals surface area contributed by atoms with Gasteiger partial charge in [-0.05, 0) is 45.7 Å². The first-order valence-corrected chi connectivity index (χ1v) is 7.83. The third-order valence-electron chi connectivity index (χ3n) is 4.54. The van der Waals surface area contributed by atoms with Gasteiger partial charge in [-0.2, -0.15) is 0 Å². The first-order valence-electron chi connectivity index (χ1n) is 7.83. The summed E-state index contributed by atoms with van der Waals surface area (Å²) in [5.74, 6) is -1.72. The van der Waals surface area contributed by atoms with E-state index in [1.54, 1.807) is 0 Å². The molecule has 1 aliphatic carbocycles. The van der Waals surface area contributed by atoms with Crippen LogP contribution < -0.4 is 5.32 Å². The molecule has 1 heterocycles. The zero-order chi connectivity index (χ0) is 14.5. The van der Waals surface area contributed by atoms with Crippen molar-refractivity contribution in [2.24, 2.45) is 11.8 Å². The van der Waals surface area contributed by atoms with Gasteiger partial charge in [-0.1, -0.05) is 12.8 Å². The molecule has 0 bridgehead atoms. The molecule has 20 heavy (non-hydrogen) atoms. The van der Waals surface area contributed by atoms with Gasteiger partial charge in [-0.15, -0.1) is 0 Å². The van der Waals surface area contributed by atoms with Crippen molar-refractivity contribution in [1.29, 1.82) is 0 Å². The number of carbonyl (C=O) groups excluding carboxylic acids is 1.